The Hall–Kier alpha value is -0.120. The molecule has 0 spiro atoms. The van der Waals surface area contributed by atoms with Gasteiger partial charge in [0, 0.05) is 19.7 Å². The Morgan fingerprint density at radius 1 is 1.29 bits per heavy atom. The van der Waals surface area contributed by atoms with Gasteiger partial charge in [-0.05, 0) is 37.9 Å². The maximum absolute atomic E-state index is 5.35. The molecule has 1 saturated heterocycles. The predicted octanol–water partition coefficient (Wildman–Crippen LogP) is 2.12. The molecule has 1 N–H and O–H groups in total. The lowest BCUT2D eigenvalue weighted by Gasteiger charge is -2.42. The standard InChI is InChI=1S/C14H30N2O/c1-5-14(3)7-9-16(10-8-14)13(12-17-4)11-15-6-2/h13,15H,5-12H2,1-4H3. The average Bonchev–Trinajstić information content (AvgIpc) is 2.36. The Balaban J connectivity index is 2.42. The number of rotatable bonds is 7. The van der Waals surface area contributed by atoms with Crippen molar-refractivity contribution in [1.29, 1.82) is 0 Å². The topological polar surface area (TPSA) is 24.5 Å². The van der Waals surface area contributed by atoms with Crippen LogP contribution < -0.4 is 5.32 Å². The van der Waals surface area contributed by atoms with Gasteiger partial charge in [-0.2, -0.15) is 0 Å². The highest BCUT2D eigenvalue weighted by Gasteiger charge is 2.31. The SMILES string of the molecule is CCNCC(COC)N1CCC(C)(CC)CC1. The number of ether oxygens (including phenoxy) is 1. The van der Waals surface area contributed by atoms with E-state index in [9.17, 15) is 0 Å². The molecule has 3 heteroatoms. The van der Waals surface area contributed by atoms with Gasteiger partial charge >= 0.3 is 0 Å². The van der Waals surface area contributed by atoms with E-state index in [0.717, 1.165) is 19.7 Å². The smallest absolute Gasteiger partial charge is 0.0630 e. The molecule has 3 nitrogen and oxygen atoms in total. The van der Waals surface area contributed by atoms with Gasteiger partial charge in [-0.25, -0.2) is 0 Å². The van der Waals surface area contributed by atoms with Crippen molar-refractivity contribution in [2.24, 2.45) is 5.41 Å². The largest absolute Gasteiger partial charge is 0.383 e. The molecule has 1 unspecified atom stereocenters. The summed E-state index contributed by atoms with van der Waals surface area (Å²) in [6, 6.07) is 0.543. The first kappa shape index (κ1) is 14.9. The van der Waals surface area contributed by atoms with Gasteiger partial charge < -0.3 is 10.1 Å². The third-order valence-corrected chi connectivity index (χ3v) is 4.36. The maximum Gasteiger partial charge on any atom is 0.0630 e. The van der Waals surface area contributed by atoms with Gasteiger partial charge in [-0.1, -0.05) is 27.2 Å². The van der Waals surface area contributed by atoms with Crippen LogP contribution in [0.4, 0.5) is 0 Å². The highest BCUT2D eigenvalue weighted by molar-refractivity contribution is 4.85. The molecule has 1 aliphatic heterocycles. The summed E-state index contributed by atoms with van der Waals surface area (Å²) in [5, 5.41) is 3.44. The molecule has 1 aliphatic rings. The molecule has 0 saturated carbocycles. The zero-order valence-electron chi connectivity index (χ0n) is 12.1. The molecule has 0 aliphatic carbocycles. The Labute approximate surface area is 107 Å². The molecule has 0 radical (unpaired) electrons. The van der Waals surface area contributed by atoms with Crippen molar-refractivity contribution < 1.29 is 4.74 Å². The van der Waals surface area contributed by atoms with Crippen molar-refractivity contribution in [2.75, 3.05) is 39.9 Å². The number of likely N-dealkylation sites (tertiary alicyclic amines) is 1. The Bertz CT molecular complexity index is 200. The zero-order chi connectivity index (χ0) is 12.7. The number of likely N-dealkylation sites (N-methyl/N-ethyl adjacent to an activating group) is 1. The summed E-state index contributed by atoms with van der Waals surface area (Å²) in [5.74, 6) is 0. The van der Waals surface area contributed by atoms with E-state index in [2.05, 4.69) is 31.0 Å². The third-order valence-electron chi connectivity index (χ3n) is 4.36. The fourth-order valence-electron chi connectivity index (χ4n) is 2.58. The fraction of sp³-hybridized carbons (Fsp3) is 1.00. The minimum atomic E-state index is 0.543. The minimum absolute atomic E-state index is 0.543. The minimum Gasteiger partial charge on any atom is -0.383 e. The molecule has 17 heavy (non-hydrogen) atoms. The summed E-state index contributed by atoms with van der Waals surface area (Å²) < 4.78 is 5.35. The van der Waals surface area contributed by atoms with Crippen LogP contribution in [0.25, 0.3) is 0 Å². The van der Waals surface area contributed by atoms with Crippen LogP contribution in [0.5, 0.6) is 0 Å². The van der Waals surface area contributed by atoms with Gasteiger partial charge in [-0.3, -0.25) is 4.90 Å². The van der Waals surface area contributed by atoms with Crippen LogP contribution in [0, 0.1) is 5.41 Å². The Morgan fingerprint density at radius 3 is 2.41 bits per heavy atom. The van der Waals surface area contributed by atoms with Gasteiger partial charge in [-0.15, -0.1) is 0 Å². The number of nitrogens with one attached hydrogen (secondary N) is 1. The molecular formula is C14H30N2O. The van der Waals surface area contributed by atoms with E-state index < -0.39 is 0 Å². The monoisotopic (exact) mass is 242 g/mol. The van der Waals surface area contributed by atoms with Crippen LogP contribution in [0.1, 0.15) is 40.0 Å². The van der Waals surface area contributed by atoms with E-state index in [-0.39, 0.29) is 0 Å². The van der Waals surface area contributed by atoms with E-state index in [0.29, 0.717) is 11.5 Å². The van der Waals surface area contributed by atoms with Crippen molar-refractivity contribution in [3.05, 3.63) is 0 Å². The molecule has 0 bridgehead atoms. The summed E-state index contributed by atoms with van der Waals surface area (Å²) >= 11 is 0. The van der Waals surface area contributed by atoms with Crippen LogP contribution in [0.15, 0.2) is 0 Å². The highest BCUT2D eigenvalue weighted by atomic mass is 16.5. The molecule has 0 aromatic carbocycles. The third kappa shape index (κ3) is 4.57. The number of hydrogen-bond donors (Lipinski definition) is 1. The molecule has 102 valence electrons. The van der Waals surface area contributed by atoms with Gasteiger partial charge in [0.15, 0.2) is 0 Å². The first-order chi connectivity index (χ1) is 8.15. The van der Waals surface area contributed by atoms with Crippen molar-refractivity contribution in [3.8, 4) is 0 Å². The quantitative estimate of drug-likeness (QED) is 0.740. The van der Waals surface area contributed by atoms with Gasteiger partial charge in [0.2, 0.25) is 0 Å². The van der Waals surface area contributed by atoms with Crippen LogP contribution in [-0.4, -0.2) is 50.8 Å². The molecule has 1 rings (SSSR count). The second-order valence-corrected chi connectivity index (χ2v) is 5.62. The normalized spacial score (nSPS) is 22.6. The Kier molecular flexibility index (Phi) is 6.45. The average molecular weight is 242 g/mol. The summed E-state index contributed by atoms with van der Waals surface area (Å²) in [6.07, 6.45) is 3.97. The van der Waals surface area contributed by atoms with E-state index >= 15 is 0 Å². The van der Waals surface area contributed by atoms with Crippen molar-refractivity contribution in [3.63, 3.8) is 0 Å². The molecule has 0 aromatic heterocycles. The van der Waals surface area contributed by atoms with Crippen molar-refractivity contribution >= 4 is 0 Å². The van der Waals surface area contributed by atoms with E-state index in [1.54, 1.807) is 7.11 Å². The zero-order valence-corrected chi connectivity index (χ0v) is 12.1. The summed E-state index contributed by atoms with van der Waals surface area (Å²) in [4.78, 5) is 2.60. The predicted molar refractivity (Wildman–Crippen MR) is 73.4 cm³/mol. The lowest BCUT2D eigenvalue weighted by atomic mass is 9.78. The summed E-state index contributed by atoms with van der Waals surface area (Å²) in [5.41, 5.74) is 0.576. The molecular weight excluding hydrogens is 212 g/mol. The second-order valence-electron chi connectivity index (χ2n) is 5.62. The summed E-state index contributed by atoms with van der Waals surface area (Å²) in [7, 11) is 1.80. The van der Waals surface area contributed by atoms with Crippen LogP contribution in [0.3, 0.4) is 0 Å². The van der Waals surface area contributed by atoms with Crippen molar-refractivity contribution in [2.45, 2.75) is 46.1 Å². The fourth-order valence-corrected chi connectivity index (χ4v) is 2.58. The summed E-state index contributed by atoms with van der Waals surface area (Å²) in [6.45, 7) is 12.3. The molecule has 1 heterocycles. The number of nitrogens with zero attached hydrogens (tertiary/aromatic N) is 1. The van der Waals surface area contributed by atoms with Gasteiger partial charge in [0.25, 0.3) is 0 Å². The number of piperidine rings is 1. The lowest BCUT2D eigenvalue weighted by molar-refractivity contribution is 0.0403. The van der Waals surface area contributed by atoms with E-state index in [1.807, 2.05) is 0 Å². The second kappa shape index (κ2) is 7.34. The first-order valence-electron chi connectivity index (χ1n) is 7.09. The highest BCUT2D eigenvalue weighted by Crippen LogP contribution is 2.34. The maximum atomic E-state index is 5.35. The van der Waals surface area contributed by atoms with E-state index in [4.69, 9.17) is 4.74 Å². The van der Waals surface area contributed by atoms with E-state index in [1.165, 1.54) is 32.4 Å². The van der Waals surface area contributed by atoms with Crippen LogP contribution in [0.2, 0.25) is 0 Å². The van der Waals surface area contributed by atoms with Gasteiger partial charge in [0.1, 0.15) is 0 Å². The first-order valence-corrected chi connectivity index (χ1v) is 7.09. The Morgan fingerprint density at radius 2 is 1.94 bits per heavy atom. The van der Waals surface area contributed by atoms with Gasteiger partial charge in [0.05, 0.1) is 6.61 Å². The lowest BCUT2D eigenvalue weighted by Crippen LogP contribution is -2.50. The number of hydrogen-bond acceptors (Lipinski definition) is 3. The molecule has 1 atom stereocenters. The van der Waals surface area contributed by atoms with Crippen LogP contribution >= 0.6 is 0 Å². The molecule has 1 fully saturated rings. The molecule has 0 amide bonds. The molecule has 0 aromatic rings. The van der Waals surface area contributed by atoms with Crippen molar-refractivity contribution in [1.82, 2.24) is 10.2 Å². The van der Waals surface area contributed by atoms with Crippen LogP contribution in [-0.2, 0) is 4.74 Å². The number of methoxy groups -OCH3 is 1.